The molecule has 0 unspecified atom stereocenters. The Morgan fingerprint density at radius 2 is 1.69 bits per heavy atom. The van der Waals surface area contributed by atoms with Gasteiger partial charge in [-0.3, -0.25) is 9.59 Å². The number of nitrogens with one attached hydrogen (secondary N) is 1. The zero-order chi connectivity index (χ0) is 24.6. The fraction of sp³-hybridized carbons (Fsp3) is 0.385. The smallest absolute Gasteiger partial charge is 0.230 e. The lowest BCUT2D eigenvalue weighted by molar-refractivity contribution is -0.131. The van der Waals surface area contributed by atoms with Crippen LogP contribution in [0.4, 0.5) is 5.69 Å². The molecule has 0 atom stereocenters. The van der Waals surface area contributed by atoms with E-state index >= 15 is 0 Å². The highest BCUT2D eigenvalue weighted by molar-refractivity contribution is 7.99. The van der Waals surface area contributed by atoms with E-state index < -0.39 is 0 Å². The van der Waals surface area contributed by atoms with Crippen LogP contribution in [0.1, 0.15) is 18.9 Å². The monoisotopic (exact) mass is 492 g/mol. The number of rotatable bonds is 9. The van der Waals surface area contributed by atoms with Gasteiger partial charge in [-0.15, -0.1) is 10.2 Å². The number of thioether (sulfide) groups is 1. The molecule has 0 spiro atoms. The Morgan fingerprint density at radius 3 is 2.40 bits per heavy atom. The summed E-state index contributed by atoms with van der Waals surface area (Å²) in [4.78, 5) is 29.1. The van der Waals surface area contributed by atoms with Gasteiger partial charge >= 0.3 is 0 Å². The topological polar surface area (TPSA) is 83.4 Å². The van der Waals surface area contributed by atoms with E-state index in [1.54, 1.807) is 0 Å². The second-order valence-corrected chi connectivity index (χ2v) is 9.40. The van der Waals surface area contributed by atoms with Crippen LogP contribution in [-0.4, -0.2) is 70.0 Å². The first-order chi connectivity index (χ1) is 17.1. The first kappa shape index (κ1) is 24.8. The van der Waals surface area contributed by atoms with Crippen molar-refractivity contribution in [2.45, 2.75) is 32.0 Å². The summed E-state index contributed by atoms with van der Waals surface area (Å²) in [7, 11) is 0. The van der Waals surface area contributed by atoms with Crippen LogP contribution in [0.3, 0.4) is 0 Å². The van der Waals surface area contributed by atoms with E-state index in [0.717, 1.165) is 30.0 Å². The van der Waals surface area contributed by atoms with Gasteiger partial charge in [-0.2, -0.15) is 0 Å². The SMILES string of the molecule is CCn1c(SCC(=O)NCCC(=O)N2CCN(c3ccccc3)CC2)nnc1-c1ccccc1C. The van der Waals surface area contributed by atoms with Crippen molar-refractivity contribution in [1.29, 1.82) is 0 Å². The highest BCUT2D eigenvalue weighted by Gasteiger charge is 2.21. The largest absolute Gasteiger partial charge is 0.368 e. The van der Waals surface area contributed by atoms with E-state index in [1.807, 2.05) is 52.8 Å². The second kappa shape index (κ2) is 11.9. The molecule has 8 nitrogen and oxygen atoms in total. The Labute approximate surface area is 210 Å². The van der Waals surface area contributed by atoms with Gasteiger partial charge in [0.05, 0.1) is 5.75 Å². The van der Waals surface area contributed by atoms with Crippen molar-refractivity contribution in [3.05, 3.63) is 60.2 Å². The van der Waals surface area contributed by atoms with E-state index in [4.69, 9.17) is 0 Å². The summed E-state index contributed by atoms with van der Waals surface area (Å²) >= 11 is 1.36. The van der Waals surface area contributed by atoms with Crippen LogP contribution in [-0.2, 0) is 16.1 Å². The molecule has 2 aromatic carbocycles. The molecule has 1 aliphatic rings. The Kier molecular flexibility index (Phi) is 8.41. The number of aromatic nitrogens is 3. The van der Waals surface area contributed by atoms with Gasteiger partial charge in [0.15, 0.2) is 11.0 Å². The number of para-hydroxylation sites is 1. The number of amides is 2. The molecule has 184 valence electrons. The molecule has 1 aliphatic heterocycles. The lowest BCUT2D eigenvalue weighted by atomic mass is 10.1. The summed E-state index contributed by atoms with van der Waals surface area (Å²) in [5.41, 5.74) is 3.37. The fourth-order valence-electron chi connectivity index (χ4n) is 4.20. The van der Waals surface area contributed by atoms with Crippen molar-refractivity contribution in [2.75, 3.05) is 43.4 Å². The van der Waals surface area contributed by atoms with Gasteiger partial charge in [0.25, 0.3) is 0 Å². The number of hydrogen-bond donors (Lipinski definition) is 1. The Morgan fingerprint density at radius 1 is 0.971 bits per heavy atom. The molecule has 0 radical (unpaired) electrons. The summed E-state index contributed by atoms with van der Waals surface area (Å²) in [6, 6.07) is 18.3. The van der Waals surface area contributed by atoms with Crippen LogP contribution in [0, 0.1) is 6.92 Å². The minimum Gasteiger partial charge on any atom is -0.368 e. The normalized spacial score (nSPS) is 13.7. The maximum atomic E-state index is 12.6. The van der Waals surface area contributed by atoms with Crippen LogP contribution in [0.25, 0.3) is 11.4 Å². The van der Waals surface area contributed by atoms with Crippen LogP contribution >= 0.6 is 11.8 Å². The van der Waals surface area contributed by atoms with E-state index in [-0.39, 0.29) is 17.6 Å². The van der Waals surface area contributed by atoms with Crippen LogP contribution in [0.5, 0.6) is 0 Å². The highest BCUT2D eigenvalue weighted by atomic mass is 32.2. The fourth-order valence-corrected chi connectivity index (χ4v) is 5.04. The van der Waals surface area contributed by atoms with E-state index in [0.29, 0.717) is 37.8 Å². The van der Waals surface area contributed by atoms with Crippen LogP contribution in [0.15, 0.2) is 59.8 Å². The van der Waals surface area contributed by atoms with Crippen molar-refractivity contribution >= 4 is 29.3 Å². The lowest BCUT2D eigenvalue weighted by Crippen LogP contribution is -2.49. The van der Waals surface area contributed by atoms with Crippen molar-refractivity contribution in [3.63, 3.8) is 0 Å². The van der Waals surface area contributed by atoms with Crippen LogP contribution in [0.2, 0.25) is 0 Å². The molecule has 0 saturated carbocycles. The van der Waals surface area contributed by atoms with Crippen molar-refractivity contribution < 1.29 is 9.59 Å². The third-order valence-corrected chi connectivity index (χ3v) is 7.13. The number of benzene rings is 2. The molecule has 1 fully saturated rings. The van der Waals surface area contributed by atoms with E-state index in [9.17, 15) is 9.59 Å². The number of hydrogen-bond acceptors (Lipinski definition) is 6. The maximum absolute atomic E-state index is 12.6. The number of carbonyl (C=O) groups excluding carboxylic acids is 2. The first-order valence-electron chi connectivity index (χ1n) is 12.0. The van der Waals surface area contributed by atoms with Gasteiger partial charge in [-0.25, -0.2) is 0 Å². The molecule has 2 amide bonds. The Bertz CT molecular complexity index is 1140. The third kappa shape index (κ3) is 6.22. The quantitative estimate of drug-likeness (QED) is 0.462. The summed E-state index contributed by atoms with van der Waals surface area (Å²) < 4.78 is 2.03. The van der Waals surface area contributed by atoms with Crippen molar-refractivity contribution in [1.82, 2.24) is 25.0 Å². The number of carbonyl (C=O) groups is 2. The van der Waals surface area contributed by atoms with Crippen molar-refractivity contribution in [3.8, 4) is 11.4 Å². The van der Waals surface area contributed by atoms with Gasteiger partial charge in [-0.1, -0.05) is 54.2 Å². The molecule has 2 heterocycles. The number of anilines is 1. The standard InChI is InChI=1S/C26H32N6O2S/c1-3-32-25(22-12-8-7-9-20(22)2)28-29-26(32)35-19-23(33)27-14-13-24(34)31-17-15-30(16-18-31)21-10-5-4-6-11-21/h4-12H,3,13-19H2,1-2H3,(H,27,33). The predicted octanol–water partition coefficient (Wildman–Crippen LogP) is 3.22. The van der Waals surface area contributed by atoms with E-state index in [1.165, 1.54) is 17.4 Å². The van der Waals surface area contributed by atoms with Gasteiger partial charge in [0.1, 0.15) is 0 Å². The minimum absolute atomic E-state index is 0.0827. The number of aryl methyl sites for hydroxylation is 1. The number of nitrogens with zero attached hydrogens (tertiary/aromatic N) is 5. The summed E-state index contributed by atoms with van der Waals surface area (Å²) in [6.45, 7) is 8.19. The highest BCUT2D eigenvalue weighted by Crippen LogP contribution is 2.26. The molecular weight excluding hydrogens is 460 g/mol. The molecule has 0 bridgehead atoms. The van der Waals surface area contributed by atoms with Gasteiger partial charge in [0.2, 0.25) is 11.8 Å². The molecule has 1 N–H and O–H groups in total. The Balaban J connectivity index is 1.20. The average molecular weight is 493 g/mol. The molecular formula is C26H32N6O2S. The molecule has 1 saturated heterocycles. The van der Waals surface area contributed by atoms with Gasteiger partial charge in [-0.05, 0) is 31.5 Å². The van der Waals surface area contributed by atoms with E-state index in [2.05, 4.69) is 45.5 Å². The van der Waals surface area contributed by atoms with Crippen LogP contribution < -0.4 is 10.2 Å². The third-order valence-electron chi connectivity index (χ3n) is 6.17. The zero-order valence-corrected chi connectivity index (χ0v) is 21.1. The first-order valence-corrected chi connectivity index (χ1v) is 13.0. The number of piperazine rings is 1. The maximum Gasteiger partial charge on any atom is 0.230 e. The van der Waals surface area contributed by atoms with Gasteiger partial charge < -0.3 is 19.7 Å². The van der Waals surface area contributed by atoms with Crippen molar-refractivity contribution in [2.24, 2.45) is 0 Å². The lowest BCUT2D eigenvalue weighted by Gasteiger charge is -2.36. The van der Waals surface area contributed by atoms with Gasteiger partial charge in [0, 0.05) is 56.9 Å². The summed E-state index contributed by atoms with van der Waals surface area (Å²) in [6.07, 6.45) is 0.310. The second-order valence-electron chi connectivity index (χ2n) is 8.46. The molecule has 0 aliphatic carbocycles. The Hall–Kier alpha value is -3.33. The predicted molar refractivity (Wildman–Crippen MR) is 139 cm³/mol. The average Bonchev–Trinajstić information content (AvgIpc) is 3.31. The minimum atomic E-state index is -0.111. The molecule has 4 rings (SSSR count). The molecule has 3 aromatic rings. The molecule has 35 heavy (non-hydrogen) atoms. The zero-order valence-electron chi connectivity index (χ0n) is 20.3. The summed E-state index contributed by atoms with van der Waals surface area (Å²) in [5, 5.41) is 12.3. The molecule has 1 aromatic heterocycles. The summed E-state index contributed by atoms with van der Waals surface area (Å²) in [5.74, 6) is 1.01. The molecule has 9 heteroatoms.